The SMILES string of the molecule is O=CC=CN1CCN(c2nnc(Cc3ccccc3)c3cc(Cl)c(Cl)cc23)CC1. The average molecular weight is 427 g/mol. The summed E-state index contributed by atoms with van der Waals surface area (Å²) >= 11 is 12.7. The molecule has 0 atom stereocenters. The van der Waals surface area contributed by atoms with Crippen LogP contribution in [0, 0.1) is 0 Å². The summed E-state index contributed by atoms with van der Waals surface area (Å²) < 4.78 is 0. The molecule has 1 aromatic heterocycles. The van der Waals surface area contributed by atoms with E-state index in [1.54, 1.807) is 0 Å². The third kappa shape index (κ3) is 4.36. The topological polar surface area (TPSA) is 49.3 Å². The molecule has 0 bridgehead atoms. The molecule has 1 fully saturated rings. The lowest BCUT2D eigenvalue weighted by molar-refractivity contribution is -0.104. The molecule has 0 amide bonds. The lowest BCUT2D eigenvalue weighted by atomic mass is 10.0. The van der Waals surface area contributed by atoms with Crippen molar-refractivity contribution in [2.24, 2.45) is 0 Å². The van der Waals surface area contributed by atoms with Gasteiger partial charge in [-0.05, 0) is 23.8 Å². The third-order valence-corrected chi connectivity index (χ3v) is 5.80. The van der Waals surface area contributed by atoms with Crippen LogP contribution in [-0.4, -0.2) is 47.6 Å². The molecule has 0 unspecified atom stereocenters. The molecule has 3 aromatic rings. The fraction of sp³-hybridized carbons (Fsp3) is 0.227. The number of aromatic nitrogens is 2. The first kappa shape index (κ1) is 19.7. The molecule has 0 aliphatic carbocycles. The van der Waals surface area contributed by atoms with E-state index in [0.717, 1.165) is 60.3 Å². The van der Waals surface area contributed by atoms with Crippen LogP contribution in [0.1, 0.15) is 11.3 Å². The van der Waals surface area contributed by atoms with E-state index in [-0.39, 0.29) is 0 Å². The number of aldehydes is 1. The van der Waals surface area contributed by atoms with E-state index >= 15 is 0 Å². The average Bonchev–Trinajstić information content (AvgIpc) is 2.75. The number of hydrogen-bond acceptors (Lipinski definition) is 5. The molecule has 4 rings (SSSR count). The van der Waals surface area contributed by atoms with Gasteiger partial charge in [-0.3, -0.25) is 4.79 Å². The van der Waals surface area contributed by atoms with Crippen LogP contribution >= 0.6 is 23.2 Å². The lowest BCUT2D eigenvalue weighted by Gasteiger charge is -2.35. The zero-order valence-corrected chi connectivity index (χ0v) is 17.3. The molecule has 7 heteroatoms. The number of allylic oxidation sites excluding steroid dienone is 1. The monoisotopic (exact) mass is 426 g/mol. The van der Waals surface area contributed by atoms with Crippen LogP contribution in [0.25, 0.3) is 10.8 Å². The summed E-state index contributed by atoms with van der Waals surface area (Å²) in [4.78, 5) is 14.9. The maximum atomic E-state index is 10.5. The Morgan fingerprint density at radius 3 is 2.31 bits per heavy atom. The first-order chi connectivity index (χ1) is 14.2. The van der Waals surface area contributed by atoms with Gasteiger partial charge in [0.05, 0.1) is 15.7 Å². The van der Waals surface area contributed by atoms with Gasteiger partial charge in [0.15, 0.2) is 5.82 Å². The van der Waals surface area contributed by atoms with Gasteiger partial charge in [-0.15, -0.1) is 5.10 Å². The number of nitrogens with zero attached hydrogens (tertiary/aromatic N) is 4. The number of piperazine rings is 1. The highest BCUT2D eigenvalue weighted by Crippen LogP contribution is 2.34. The van der Waals surface area contributed by atoms with Gasteiger partial charge in [0.2, 0.25) is 0 Å². The minimum Gasteiger partial charge on any atom is -0.374 e. The van der Waals surface area contributed by atoms with Gasteiger partial charge in [-0.2, -0.15) is 5.10 Å². The molecule has 5 nitrogen and oxygen atoms in total. The van der Waals surface area contributed by atoms with Crippen LogP contribution in [-0.2, 0) is 11.2 Å². The fourth-order valence-corrected chi connectivity index (χ4v) is 3.91. The number of carbonyl (C=O) groups excluding carboxylic acids is 1. The Morgan fingerprint density at radius 1 is 0.931 bits per heavy atom. The van der Waals surface area contributed by atoms with Crippen molar-refractivity contribution in [3.8, 4) is 0 Å². The zero-order chi connectivity index (χ0) is 20.2. The predicted molar refractivity (Wildman–Crippen MR) is 118 cm³/mol. The highest BCUT2D eigenvalue weighted by atomic mass is 35.5. The van der Waals surface area contributed by atoms with E-state index < -0.39 is 0 Å². The normalized spacial score (nSPS) is 14.7. The largest absolute Gasteiger partial charge is 0.374 e. The molecule has 148 valence electrons. The number of hydrogen-bond donors (Lipinski definition) is 0. The highest BCUT2D eigenvalue weighted by molar-refractivity contribution is 6.43. The Hall–Kier alpha value is -2.63. The predicted octanol–water partition coefficient (Wildman–Crippen LogP) is 4.36. The molecule has 0 spiro atoms. The molecule has 29 heavy (non-hydrogen) atoms. The highest BCUT2D eigenvalue weighted by Gasteiger charge is 2.21. The molecule has 0 saturated carbocycles. The maximum Gasteiger partial charge on any atom is 0.159 e. The number of halogens is 2. The van der Waals surface area contributed by atoms with Gasteiger partial charge in [-0.1, -0.05) is 53.5 Å². The molecule has 0 radical (unpaired) electrons. The van der Waals surface area contributed by atoms with Crippen molar-refractivity contribution in [1.29, 1.82) is 0 Å². The maximum absolute atomic E-state index is 10.5. The van der Waals surface area contributed by atoms with Crippen molar-refractivity contribution in [1.82, 2.24) is 15.1 Å². The Bertz CT molecular complexity index is 1050. The van der Waals surface area contributed by atoms with Gasteiger partial charge in [0, 0.05) is 49.6 Å². The van der Waals surface area contributed by atoms with Gasteiger partial charge in [0.1, 0.15) is 6.29 Å². The lowest BCUT2D eigenvalue weighted by Crippen LogP contribution is -2.44. The number of anilines is 1. The van der Waals surface area contributed by atoms with E-state index in [2.05, 4.69) is 32.1 Å². The minimum atomic E-state index is 0.506. The summed E-state index contributed by atoms with van der Waals surface area (Å²) in [6, 6.07) is 13.9. The van der Waals surface area contributed by atoms with Crippen LogP contribution in [0.4, 0.5) is 5.82 Å². The van der Waals surface area contributed by atoms with Crippen molar-refractivity contribution >= 4 is 46.1 Å². The Kier molecular flexibility index (Phi) is 5.97. The number of rotatable bonds is 5. The smallest absolute Gasteiger partial charge is 0.159 e. The van der Waals surface area contributed by atoms with Gasteiger partial charge in [-0.25, -0.2) is 0 Å². The van der Waals surface area contributed by atoms with Crippen molar-refractivity contribution in [3.63, 3.8) is 0 Å². The molecule has 2 aromatic carbocycles. The van der Waals surface area contributed by atoms with Gasteiger partial charge >= 0.3 is 0 Å². The molecule has 0 N–H and O–H groups in total. The van der Waals surface area contributed by atoms with Crippen LogP contribution in [0.3, 0.4) is 0 Å². The second kappa shape index (κ2) is 8.80. The van der Waals surface area contributed by atoms with E-state index in [9.17, 15) is 4.79 Å². The van der Waals surface area contributed by atoms with Crippen LogP contribution < -0.4 is 4.90 Å². The first-order valence-electron chi connectivity index (χ1n) is 9.45. The third-order valence-electron chi connectivity index (χ3n) is 5.08. The molecule has 1 saturated heterocycles. The van der Waals surface area contributed by atoms with E-state index in [4.69, 9.17) is 23.2 Å². The summed E-state index contributed by atoms with van der Waals surface area (Å²) in [5.41, 5.74) is 2.04. The standard InChI is InChI=1S/C22H20Cl2N4O/c23-19-14-17-18(15-20(19)24)22(28-10-8-27(9-11-28)7-4-12-29)26-25-21(17)13-16-5-2-1-3-6-16/h1-7,12,14-15H,8-11,13H2. The number of benzene rings is 2. The van der Waals surface area contributed by atoms with E-state index in [0.29, 0.717) is 16.5 Å². The van der Waals surface area contributed by atoms with Crippen LogP contribution in [0.5, 0.6) is 0 Å². The summed E-state index contributed by atoms with van der Waals surface area (Å²) in [6.45, 7) is 3.18. The molecule has 1 aliphatic heterocycles. The summed E-state index contributed by atoms with van der Waals surface area (Å²) in [5.74, 6) is 0.814. The molecular formula is C22H20Cl2N4O. The Morgan fingerprint density at radius 2 is 1.62 bits per heavy atom. The molecule has 1 aliphatic rings. The van der Waals surface area contributed by atoms with Crippen LogP contribution in [0.15, 0.2) is 54.7 Å². The number of fused-ring (bicyclic) bond motifs is 1. The summed E-state index contributed by atoms with van der Waals surface area (Å²) in [7, 11) is 0. The van der Waals surface area contributed by atoms with E-state index in [1.807, 2.05) is 36.5 Å². The quantitative estimate of drug-likeness (QED) is 0.447. The Labute approximate surface area is 179 Å². The Balaban J connectivity index is 1.69. The van der Waals surface area contributed by atoms with Crippen LogP contribution in [0.2, 0.25) is 10.0 Å². The first-order valence-corrected chi connectivity index (χ1v) is 10.2. The van der Waals surface area contributed by atoms with E-state index in [1.165, 1.54) is 6.08 Å². The number of carbonyl (C=O) groups is 1. The van der Waals surface area contributed by atoms with Crippen molar-refractivity contribution in [2.75, 3.05) is 31.1 Å². The van der Waals surface area contributed by atoms with Crippen molar-refractivity contribution in [2.45, 2.75) is 6.42 Å². The van der Waals surface area contributed by atoms with Gasteiger partial charge < -0.3 is 9.80 Å². The minimum absolute atomic E-state index is 0.506. The van der Waals surface area contributed by atoms with Crippen molar-refractivity contribution < 1.29 is 4.79 Å². The zero-order valence-electron chi connectivity index (χ0n) is 15.8. The summed E-state index contributed by atoms with van der Waals surface area (Å²) in [5, 5.41) is 12.1. The second-order valence-electron chi connectivity index (χ2n) is 6.95. The summed E-state index contributed by atoms with van der Waals surface area (Å²) in [6.07, 6.45) is 4.81. The van der Waals surface area contributed by atoms with Crippen molar-refractivity contribution in [3.05, 3.63) is 76.0 Å². The fourth-order valence-electron chi connectivity index (χ4n) is 3.58. The molecule has 2 heterocycles. The molecular weight excluding hydrogens is 407 g/mol. The second-order valence-corrected chi connectivity index (χ2v) is 7.76. The van der Waals surface area contributed by atoms with Gasteiger partial charge in [0.25, 0.3) is 0 Å².